The van der Waals surface area contributed by atoms with E-state index in [0.29, 0.717) is 38.3 Å². The third kappa shape index (κ3) is 6.10. The average molecular weight is 348 g/mol. The zero-order valence-electron chi connectivity index (χ0n) is 14.4. The lowest BCUT2D eigenvalue weighted by Crippen LogP contribution is -2.51. The lowest BCUT2D eigenvalue weighted by molar-refractivity contribution is -0.141. The van der Waals surface area contributed by atoms with Crippen LogP contribution in [0.3, 0.4) is 0 Å². The molecule has 0 aromatic heterocycles. The molecular weight excluding hydrogens is 324 g/mol. The van der Waals surface area contributed by atoms with Gasteiger partial charge < -0.3 is 19.6 Å². The highest BCUT2D eigenvalue weighted by atomic mass is 16.5. The van der Waals surface area contributed by atoms with Gasteiger partial charge in [0.2, 0.25) is 5.91 Å². The quantitative estimate of drug-likeness (QED) is 0.802. The van der Waals surface area contributed by atoms with Crippen LogP contribution in [0, 0.1) is 6.92 Å². The van der Waals surface area contributed by atoms with Crippen molar-refractivity contribution < 1.29 is 24.2 Å². The Balaban J connectivity index is 1.70. The summed E-state index contributed by atoms with van der Waals surface area (Å²) in [5, 5.41) is 8.60. The summed E-state index contributed by atoms with van der Waals surface area (Å²) in [5.41, 5.74) is 1.13. The van der Waals surface area contributed by atoms with Crippen molar-refractivity contribution in [3.05, 3.63) is 29.8 Å². The third-order valence-corrected chi connectivity index (χ3v) is 4.15. The van der Waals surface area contributed by atoms with Gasteiger partial charge in [0.25, 0.3) is 5.91 Å². The van der Waals surface area contributed by atoms with Gasteiger partial charge in [-0.05, 0) is 25.5 Å². The zero-order valence-corrected chi connectivity index (χ0v) is 14.4. The molecule has 7 nitrogen and oxygen atoms in total. The average Bonchev–Trinajstić information content (AvgIpc) is 2.60. The predicted octanol–water partition coefficient (Wildman–Crippen LogP) is 1.30. The topological polar surface area (TPSA) is 87.2 Å². The van der Waals surface area contributed by atoms with Crippen LogP contribution in [0.15, 0.2) is 24.3 Å². The fraction of sp³-hybridized carbons (Fsp3) is 0.500. The van der Waals surface area contributed by atoms with E-state index in [1.807, 2.05) is 31.2 Å². The number of carbonyl (C=O) groups excluding carboxylic acids is 2. The number of piperazine rings is 1. The second-order valence-electron chi connectivity index (χ2n) is 6.11. The van der Waals surface area contributed by atoms with Crippen LogP contribution in [-0.4, -0.2) is 65.5 Å². The molecule has 2 amide bonds. The van der Waals surface area contributed by atoms with E-state index in [4.69, 9.17) is 9.84 Å². The highest BCUT2D eigenvalue weighted by Crippen LogP contribution is 2.12. The minimum absolute atomic E-state index is 0.000536. The van der Waals surface area contributed by atoms with Crippen molar-refractivity contribution in [1.29, 1.82) is 0 Å². The molecular formula is C18H24N2O5. The van der Waals surface area contributed by atoms with Gasteiger partial charge in [-0.15, -0.1) is 0 Å². The van der Waals surface area contributed by atoms with E-state index in [-0.39, 0.29) is 31.3 Å². The SMILES string of the molecule is Cc1ccc(OCC(=O)N2CCN(C(=O)CCCC(=O)O)CC2)cc1. The van der Waals surface area contributed by atoms with Crippen LogP contribution in [-0.2, 0) is 14.4 Å². The van der Waals surface area contributed by atoms with E-state index in [0.717, 1.165) is 5.56 Å². The molecule has 1 aromatic carbocycles. The van der Waals surface area contributed by atoms with Gasteiger partial charge >= 0.3 is 5.97 Å². The van der Waals surface area contributed by atoms with Gasteiger partial charge in [-0.25, -0.2) is 0 Å². The number of rotatable bonds is 7. The molecule has 1 aromatic rings. The molecule has 1 aliphatic rings. The smallest absolute Gasteiger partial charge is 0.303 e. The van der Waals surface area contributed by atoms with Gasteiger partial charge in [0, 0.05) is 39.0 Å². The van der Waals surface area contributed by atoms with E-state index < -0.39 is 5.97 Å². The predicted molar refractivity (Wildman–Crippen MR) is 91.3 cm³/mol. The van der Waals surface area contributed by atoms with Gasteiger partial charge in [-0.1, -0.05) is 17.7 Å². The summed E-state index contributed by atoms with van der Waals surface area (Å²) in [5.74, 6) is -0.384. The standard InChI is InChI=1S/C18H24N2O5/c1-14-5-7-15(8-6-14)25-13-17(22)20-11-9-19(10-12-20)16(21)3-2-4-18(23)24/h5-8H,2-4,9-13H2,1H3,(H,23,24). The van der Waals surface area contributed by atoms with Crippen LogP contribution in [0.1, 0.15) is 24.8 Å². The maximum atomic E-state index is 12.2. The van der Waals surface area contributed by atoms with Crippen LogP contribution in [0.4, 0.5) is 0 Å². The molecule has 0 unspecified atom stereocenters. The van der Waals surface area contributed by atoms with Crippen molar-refractivity contribution in [1.82, 2.24) is 9.80 Å². The summed E-state index contributed by atoms with van der Waals surface area (Å²) in [6, 6.07) is 7.51. The van der Waals surface area contributed by atoms with Crippen molar-refractivity contribution in [3.8, 4) is 5.75 Å². The number of hydrogen-bond acceptors (Lipinski definition) is 4. The number of carbonyl (C=O) groups is 3. The largest absolute Gasteiger partial charge is 0.484 e. The number of aryl methyl sites for hydroxylation is 1. The first kappa shape index (κ1) is 18.8. The molecule has 0 saturated carbocycles. The zero-order chi connectivity index (χ0) is 18.2. The first-order valence-corrected chi connectivity index (χ1v) is 8.42. The lowest BCUT2D eigenvalue weighted by atomic mass is 10.2. The number of amides is 2. The molecule has 136 valence electrons. The van der Waals surface area contributed by atoms with Gasteiger partial charge in [0.15, 0.2) is 6.61 Å². The molecule has 1 fully saturated rings. The van der Waals surface area contributed by atoms with Crippen molar-refractivity contribution in [3.63, 3.8) is 0 Å². The van der Waals surface area contributed by atoms with E-state index in [1.54, 1.807) is 9.80 Å². The fourth-order valence-corrected chi connectivity index (χ4v) is 2.63. The van der Waals surface area contributed by atoms with Crippen LogP contribution in [0.5, 0.6) is 5.75 Å². The Morgan fingerprint density at radius 3 is 2.08 bits per heavy atom. The Labute approximate surface area is 147 Å². The van der Waals surface area contributed by atoms with Gasteiger partial charge in [0.1, 0.15) is 5.75 Å². The van der Waals surface area contributed by atoms with Gasteiger partial charge in [-0.3, -0.25) is 14.4 Å². The summed E-state index contributed by atoms with van der Waals surface area (Å²) >= 11 is 0. The molecule has 0 aliphatic carbocycles. The number of nitrogens with zero attached hydrogens (tertiary/aromatic N) is 2. The number of carboxylic acid groups (broad SMARTS) is 1. The van der Waals surface area contributed by atoms with Crippen molar-refractivity contribution in [2.24, 2.45) is 0 Å². The number of benzene rings is 1. The molecule has 0 atom stereocenters. The second-order valence-corrected chi connectivity index (χ2v) is 6.11. The molecule has 0 bridgehead atoms. The Hall–Kier alpha value is -2.57. The number of aliphatic carboxylic acids is 1. The Kier molecular flexibility index (Phi) is 6.80. The highest BCUT2D eigenvalue weighted by molar-refractivity contribution is 5.79. The minimum atomic E-state index is -0.892. The normalized spacial score (nSPS) is 14.3. The van der Waals surface area contributed by atoms with Crippen LogP contribution in [0.2, 0.25) is 0 Å². The number of carboxylic acids is 1. The molecule has 1 heterocycles. The summed E-state index contributed by atoms with van der Waals surface area (Å²) in [7, 11) is 0. The summed E-state index contributed by atoms with van der Waals surface area (Å²) < 4.78 is 5.50. The van der Waals surface area contributed by atoms with Crippen molar-refractivity contribution in [2.75, 3.05) is 32.8 Å². The number of ether oxygens (including phenoxy) is 1. The highest BCUT2D eigenvalue weighted by Gasteiger charge is 2.24. The molecule has 7 heteroatoms. The van der Waals surface area contributed by atoms with Crippen LogP contribution >= 0.6 is 0 Å². The van der Waals surface area contributed by atoms with Crippen LogP contribution in [0.25, 0.3) is 0 Å². The summed E-state index contributed by atoms with van der Waals surface area (Å²) in [6.45, 7) is 3.86. The van der Waals surface area contributed by atoms with Gasteiger partial charge in [-0.2, -0.15) is 0 Å². The Morgan fingerprint density at radius 2 is 1.52 bits per heavy atom. The molecule has 1 aliphatic heterocycles. The van der Waals surface area contributed by atoms with E-state index in [2.05, 4.69) is 0 Å². The molecule has 1 N–H and O–H groups in total. The van der Waals surface area contributed by atoms with E-state index in [9.17, 15) is 14.4 Å². The lowest BCUT2D eigenvalue weighted by Gasteiger charge is -2.34. The summed E-state index contributed by atoms with van der Waals surface area (Å²) in [4.78, 5) is 38.0. The maximum Gasteiger partial charge on any atom is 0.303 e. The molecule has 2 rings (SSSR count). The Morgan fingerprint density at radius 1 is 0.960 bits per heavy atom. The molecule has 1 saturated heterocycles. The van der Waals surface area contributed by atoms with Crippen molar-refractivity contribution in [2.45, 2.75) is 26.2 Å². The maximum absolute atomic E-state index is 12.2. The van der Waals surface area contributed by atoms with E-state index in [1.165, 1.54) is 0 Å². The second kappa shape index (κ2) is 9.05. The number of hydrogen-bond donors (Lipinski definition) is 1. The monoisotopic (exact) mass is 348 g/mol. The molecule has 0 radical (unpaired) electrons. The van der Waals surface area contributed by atoms with Crippen LogP contribution < -0.4 is 4.74 Å². The molecule has 25 heavy (non-hydrogen) atoms. The Bertz CT molecular complexity index is 606. The van der Waals surface area contributed by atoms with Gasteiger partial charge in [0.05, 0.1) is 0 Å². The van der Waals surface area contributed by atoms with Crippen molar-refractivity contribution >= 4 is 17.8 Å². The fourth-order valence-electron chi connectivity index (χ4n) is 2.63. The third-order valence-electron chi connectivity index (χ3n) is 4.15. The molecule has 0 spiro atoms. The first-order valence-electron chi connectivity index (χ1n) is 8.42. The first-order chi connectivity index (χ1) is 12.0. The minimum Gasteiger partial charge on any atom is -0.484 e. The van der Waals surface area contributed by atoms with E-state index >= 15 is 0 Å². The summed E-state index contributed by atoms with van der Waals surface area (Å²) in [6.07, 6.45) is 0.578.